The molecular weight excluding hydrogens is 304 g/mol. The smallest absolute Gasteiger partial charge is 0.225 e. The number of hydrogen-bond donors (Lipinski definition) is 1. The van der Waals surface area contributed by atoms with Gasteiger partial charge >= 0.3 is 0 Å². The maximum absolute atomic E-state index is 11.9. The summed E-state index contributed by atoms with van der Waals surface area (Å²) in [5, 5.41) is 0. The number of morpholine rings is 1. The minimum Gasteiger partial charge on any atom is -0.378 e. The Bertz CT molecular complexity index is 556. The third-order valence-electron chi connectivity index (χ3n) is 3.68. The fourth-order valence-electron chi connectivity index (χ4n) is 2.11. The molecule has 22 heavy (non-hydrogen) atoms. The Morgan fingerprint density at radius 1 is 1.32 bits per heavy atom. The highest BCUT2D eigenvalue weighted by Crippen LogP contribution is 2.10. The van der Waals surface area contributed by atoms with Crippen molar-refractivity contribution in [3.05, 3.63) is 18.0 Å². The van der Waals surface area contributed by atoms with Crippen molar-refractivity contribution in [2.45, 2.75) is 26.8 Å². The largest absolute Gasteiger partial charge is 0.378 e. The topological polar surface area (TPSA) is 84.4 Å². The SMILES string of the molecule is CCC(C)CS(=O)(=O)NCc1cnc(N2CCOCC2)nc1. The first-order valence-corrected chi connectivity index (χ1v) is 9.26. The molecule has 1 aliphatic rings. The average molecular weight is 328 g/mol. The molecule has 2 heterocycles. The van der Waals surface area contributed by atoms with E-state index in [9.17, 15) is 8.42 Å². The van der Waals surface area contributed by atoms with Gasteiger partial charge in [-0.05, 0) is 5.92 Å². The van der Waals surface area contributed by atoms with Crippen LogP contribution in [0.3, 0.4) is 0 Å². The van der Waals surface area contributed by atoms with Crippen molar-refractivity contribution < 1.29 is 13.2 Å². The molecule has 0 amide bonds. The molecule has 7 nitrogen and oxygen atoms in total. The normalized spacial score (nSPS) is 17.5. The molecule has 1 aliphatic heterocycles. The predicted octanol–water partition coefficient (Wildman–Crippen LogP) is 0.779. The second-order valence-corrected chi connectivity index (χ2v) is 7.46. The Hall–Kier alpha value is -1.25. The van der Waals surface area contributed by atoms with Gasteiger partial charge in [-0.15, -0.1) is 0 Å². The fraction of sp³-hybridized carbons (Fsp3) is 0.714. The summed E-state index contributed by atoms with van der Waals surface area (Å²) >= 11 is 0. The quantitative estimate of drug-likeness (QED) is 0.796. The van der Waals surface area contributed by atoms with Gasteiger partial charge < -0.3 is 9.64 Å². The van der Waals surface area contributed by atoms with Crippen LogP contribution in [0, 0.1) is 5.92 Å². The maximum atomic E-state index is 11.9. The first-order chi connectivity index (χ1) is 10.5. The Morgan fingerprint density at radius 3 is 2.55 bits per heavy atom. The van der Waals surface area contributed by atoms with Crippen molar-refractivity contribution in [2.24, 2.45) is 5.92 Å². The number of nitrogens with one attached hydrogen (secondary N) is 1. The summed E-state index contributed by atoms with van der Waals surface area (Å²) in [6.45, 7) is 7.06. The average Bonchev–Trinajstić information content (AvgIpc) is 2.54. The highest BCUT2D eigenvalue weighted by atomic mass is 32.2. The Balaban J connectivity index is 1.88. The lowest BCUT2D eigenvalue weighted by molar-refractivity contribution is 0.122. The van der Waals surface area contributed by atoms with E-state index in [0.717, 1.165) is 25.1 Å². The van der Waals surface area contributed by atoms with E-state index in [1.165, 1.54) is 0 Å². The summed E-state index contributed by atoms with van der Waals surface area (Å²) in [5.41, 5.74) is 0.754. The molecule has 8 heteroatoms. The Kier molecular flexibility index (Phi) is 6.10. The van der Waals surface area contributed by atoms with E-state index in [-0.39, 0.29) is 18.2 Å². The highest BCUT2D eigenvalue weighted by molar-refractivity contribution is 7.89. The molecule has 0 radical (unpaired) electrons. The van der Waals surface area contributed by atoms with Crippen LogP contribution in [0.2, 0.25) is 0 Å². The lowest BCUT2D eigenvalue weighted by Gasteiger charge is -2.26. The summed E-state index contributed by atoms with van der Waals surface area (Å²) in [7, 11) is -3.25. The number of ether oxygens (including phenoxy) is 1. The van der Waals surface area contributed by atoms with Crippen LogP contribution in [0.4, 0.5) is 5.95 Å². The minimum atomic E-state index is -3.25. The second-order valence-electron chi connectivity index (χ2n) is 5.61. The first kappa shape index (κ1) is 17.1. The van der Waals surface area contributed by atoms with Crippen LogP contribution >= 0.6 is 0 Å². The lowest BCUT2D eigenvalue weighted by atomic mass is 10.2. The van der Waals surface area contributed by atoms with Gasteiger partial charge in [0.15, 0.2) is 0 Å². The molecule has 0 saturated carbocycles. The molecule has 0 aromatic carbocycles. The van der Waals surface area contributed by atoms with Crippen LogP contribution in [0.15, 0.2) is 12.4 Å². The molecular formula is C14H24N4O3S. The van der Waals surface area contributed by atoms with Gasteiger partial charge in [-0.1, -0.05) is 20.3 Å². The monoisotopic (exact) mass is 328 g/mol. The molecule has 1 atom stereocenters. The zero-order chi connectivity index (χ0) is 16.0. The number of sulfonamides is 1. The lowest BCUT2D eigenvalue weighted by Crippen LogP contribution is -2.37. The first-order valence-electron chi connectivity index (χ1n) is 7.61. The third-order valence-corrected chi connectivity index (χ3v) is 5.27. The molecule has 0 bridgehead atoms. The molecule has 0 aliphatic carbocycles. The molecule has 1 aromatic heterocycles. The van der Waals surface area contributed by atoms with Crippen molar-refractivity contribution in [1.29, 1.82) is 0 Å². The zero-order valence-corrected chi connectivity index (χ0v) is 14.0. The number of hydrogen-bond acceptors (Lipinski definition) is 6. The number of nitrogens with zero attached hydrogens (tertiary/aromatic N) is 3. The van der Waals surface area contributed by atoms with Gasteiger partial charge in [0, 0.05) is 37.6 Å². The van der Waals surface area contributed by atoms with Crippen molar-refractivity contribution in [3.8, 4) is 0 Å². The standard InChI is InChI=1S/C14H24N4O3S/c1-3-12(2)11-22(19,20)17-10-13-8-15-14(16-9-13)18-4-6-21-7-5-18/h8-9,12,17H,3-7,10-11H2,1-2H3. The Labute approximate surface area is 132 Å². The van der Waals surface area contributed by atoms with Gasteiger partial charge in [0.2, 0.25) is 16.0 Å². The molecule has 2 rings (SSSR count). The second kappa shape index (κ2) is 7.85. The molecule has 1 N–H and O–H groups in total. The van der Waals surface area contributed by atoms with E-state index in [0.29, 0.717) is 19.2 Å². The van der Waals surface area contributed by atoms with Crippen LogP contribution in [-0.2, 0) is 21.3 Å². The molecule has 0 spiro atoms. The summed E-state index contributed by atoms with van der Waals surface area (Å²) in [6, 6.07) is 0. The number of rotatable bonds is 7. The molecule has 1 saturated heterocycles. The Morgan fingerprint density at radius 2 is 1.95 bits per heavy atom. The summed E-state index contributed by atoms with van der Waals surface area (Å²) in [4.78, 5) is 10.7. The van der Waals surface area contributed by atoms with E-state index in [2.05, 4.69) is 19.6 Å². The van der Waals surface area contributed by atoms with Crippen LogP contribution < -0.4 is 9.62 Å². The van der Waals surface area contributed by atoms with Gasteiger partial charge in [-0.25, -0.2) is 23.1 Å². The maximum Gasteiger partial charge on any atom is 0.225 e. The van der Waals surface area contributed by atoms with E-state index >= 15 is 0 Å². The molecule has 1 fully saturated rings. The van der Waals surface area contributed by atoms with Gasteiger partial charge in [-0.3, -0.25) is 0 Å². The molecule has 1 unspecified atom stereocenters. The van der Waals surface area contributed by atoms with Gasteiger partial charge in [-0.2, -0.15) is 0 Å². The van der Waals surface area contributed by atoms with Crippen LogP contribution in [-0.4, -0.2) is 50.4 Å². The summed E-state index contributed by atoms with van der Waals surface area (Å²) in [5.74, 6) is 0.961. The predicted molar refractivity (Wildman–Crippen MR) is 85.1 cm³/mol. The summed E-state index contributed by atoms with van der Waals surface area (Å²) in [6.07, 6.45) is 4.19. The van der Waals surface area contributed by atoms with Crippen LogP contribution in [0.1, 0.15) is 25.8 Å². The van der Waals surface area contributed by atoms with Crippen molar-refractivity contribution in [1.82, 2.24) is 14.7 Å². The van der Waals surface area contributed by atoms with E-state index in [4.69, 9.17) is 4.74 Å². The fourth-order valence-corrected chi connectivity index (χ4v) is 3.60. The van der Waals surface area contributed by atoms with Crippen molar-refractivity contribution in [2.75, 3.05) is 37.0 Å². The molecule has 124 valence electrons. The van der Waals surface area contributed by atoms with Crippen molar-refractivity contribution >= 4 is 16.0 Å². The molecule has 1 aromatic rings. The third kappa shape index (κ3) is 5.19. The number of anilines is 1. The van der Waals surface area contributed by atoms with Crippen molar-refractivity contribution in [3.63, 3.8) is 0 Å². The van der Waals surface area contributed by atoms with Crippen LogP contribution in [0.5, 0.6) is 0 Å². The van der Waals surface area contributed by atoms with Crippen LogP contribution in [0.25, 0.3) is 0 Å². The highest BCUT2D eigenvalue weighted by Gasteiger charge is 2.15. The van der Waals surface area contributed by atoms with E-state index < -0.39 is 10.0 Å². The van der Waals surface area contributed by atoms with Gasteiger partial charge in [0.1, 0.15) is 0 Å². The minimum absolute atomic E-state index is 0.149. The van der Waals surface area contributed by atoms with Gasteiger partial charge in [0.05, 0.1) is 19.0 Å². The number of aromatic nitrogens is 2. The zero-order valence-electron chi connectivity index (χ0n) is 13.2. The van der Waals surface area contributed by atoms with E-state index in [1.54, 1.807) is 12.4 Å². The summed E-state index contributed by atoms with van der Waals surface area (Å²) < 4.78 is 31.7. The van der Waals surface area contributed by atoms with E-state index in [1.807, 2.05) is 13.8 Å². The van der Waals surface area contributed by atoms with Gasteiger partial charge in [0.25, 0.3) is 0 Å².